The van der Waals surface area contributed by atoms with E-state index in [1.807, 2.05) is 42.6 Å². The molecule has 0 aliphatic heterocycles. The molecular formula is C20H20N2O4. The van der Waals surface area contributed by atoms with Crippen molar-refractivity contribution in [1.82, 2.24) is 9.78 Å². The Labute approximate surface area is 151 Å². The van der Waals surface area contributed by atoms with Crippen LogP contribution in [0.25, 0.3) is 0 Å². The predicted molar refractivity (Wildman–Crippen MR) is 96.3 cm³/mol. The maximum atomic E-state index is 12.2. The van der Waals surface area contributed by atoms with E-state index in [1.165, 1.54) is 7.11 Å². The Balaban J connectivity index is 1.59. The van der Waals surface area contributed by atoms with Gasteiger partial charge in [-0.15, -0.1) is 0 Å². The maximum absolute atomic E-state index is 12.2. The number of aromatic nitrogens is 2. The van der Waals surface area contributed by atoms with Gasteiger partial charge < -0.3 is 14.2 Å². The normalized spacial score (nSPS) is 10.3. The zero-order valence-electron chi connectivity index (χ0n) is 14.5. The minimum atomic E-state index is -0.412. The van der Waals surface area contributed by atoms with Crippen LogP contribution in [0.15, 0.2) is 67.0 Å². The second-order valence-electron chi connectivity index (χ2n) is 5.54. The van der Waals surface area contributed by atoms with Gasteiger partial charge >= 0.3 is 5.97 Å². The van der Waals surface area contributed by atoms with Gasteiger partial charge in [0.25, 0.3) is 0 Å². The van der Waals surface area contributed by atoms with Gasteiger partial charge in [-0.05, 0) is 29.8 Å². The maximum Gasteiger partial charge on any atom is 0.338 e. The second-order valence-corrected chi connectivity index (χ2v) is 5.54. The lowest BCUT2D eigenvalue weighted by Crippen LogP contribution is -2.12. The van der Waals surface area contributed by atoms with Gasteiger partial charge in [-0.3, -0.25) is 4.68 Å². The summed E-state index contributed by atoms with van der Waals surface area (Å²) in [6.45, 7) is 1.17. The molecule has 26 heavy (non-hydrogen) atoms. The molecule has 0 saturated heterocycles. The van der Waals surface area contributed by atoms with Crippen LogP contribution in [0.4, 0.5) is 0 Å². The number of esters is 1. The summed E-state index contributed by atoms with van der Waals surface area (Å²) in [5.74, 6) is 0.650. The van der Waals surface area contributed by atoms with Crippen LogP contribution in [0, 0.1) is 0 Å². The van der Waals surface area contributed by atoms with E-state index < -0.39 is 5.97 Å². The fourth-order valence-electron chi connectivity index (χ4n) is 2.40. The van der Waals surface area contributed by atoms with E-state index in [-0.39, 0.29) is 6.61 Å². The number of carbonyl (C=O) groups excluding carboxylic acids is 1. The molecule has 0 bridgehead atoms. The average molecular weight is 352 g/mol. The molecule has 6 nitrogen and oxygen atoms in total. The van der Waals surface area contributed by atoms with Crippen molar-refractivity contribution in [1.29, 1.82) is 0 Å². The van der Waals surface area contributed by atoms with Crippen LogP contribution in [0.3, 0.4) is 0 Å². The number of carbonyl (C=O) groups is 1. The van der Waals surface area contributed by atoms with Gasteiger partial charge in [0.05, 0.1) is 19.2 Å². The van der Waals surface area contributed by atoms with Crippen LogP contribution in [-0.4, -0.2) is 29.5 Å². The van der Waals surface area contributed by atoms with Crippen LogP contribution in [0.5, 0.6) is 11.5 Å². The van der Waals surface area contributed by atoms with E-state index in [9.17, 15) is 4.79 Å². The molecule has 0 aliphatic carbocycles. The Morgan fingerprint density at radius 2 is 1.92 bits per heavy atom. The lowest BCUT2D eigenvalue weighted by Gasteiger charge is -2.12. The third kappa shape index (κ3) is 4.63. The summed E-state index contributed by atoms with van der Waals surface area (Å²) in [7, 11) is 1.54. The Morgan fingerprint density at radius 3 is 2.65 bits per heavy atom. The van der Waals surface area contributed by atoms with Crippen LogP contribution < -0.4 is 9.47 Å². The van der Waals surface area contributed by atoms with Crippen molar-refractivity contribution in [2.24, 2.45) is 0 Å². The Bertz CT molecular complexity index is 832. The third-order valence-corrected chi connectivity index (χ3v) is 3.75. The molecular weight excluding hydrogens is 332 g/mol. The zero-order chi connectivity index (χ0) is 18.2. The van der Waals surface area contributed by atoms with Gasteiger partial charge in [0.1, 0.15) is 13.2 Å². The number of ether oxygens (including phenoxy) is 3. The van der Waals surface area contributed by atoms with E-state index in [4.69, 9.17) is 14.2 Å². The Hall–Kier alpha value is -3.28. The highest BCUT2D eigenvalue weighted by molar-refractivity contribution is 5.90. The summed E-state index contributed by atoms with van der Waals surface area (Å²) >= 11 is 0. The van der Waals surface area contributed by atoms with Crippen molar-refractivity contribution >= 4 is 5.97 Å². The van der Waals surface area contributed by atoms with Gasteiger partial charge in [-0.1, -0.05) is 30.3 Å². The lowest BCUT2D eigenvalue weighted by molar-refractivity contribution is 0.0487. The minimum Gasteiger partial charge on any atom is -0.493 e. The molecule has 3 aromatic rings. The number of hydrogen-bond acceptors (Lipinski definition) is 5. The molecule has 6 heteroatoms. The number of benzene rings is 2. The molecule has 0 saturated carbocycles. The molecule has 0 radical (unpaired) electrons. The topological polar surface area (TPSA) is 62.6 Å². The molecule has 0 unspecified atom stereocenters. The minimum absolute atomic E-state index is 0.245. The smallest absolute Gasteiger partial charge is 0.338 e. The summed E-state index contributed by atoms with van der Waals surface area (Å²) < 4.78 is 18.1. The van der Waals surface area contributed by atoms with Gasteiger partial charge in [0.2, 0.25) is 0 Å². The standard InChI is InChI=1S/C20H20N2O4/c1-24-19-14-17(20(23)25-13-12-22-11-5-10-21-22)8-9-18(19)26-15-16-6-3-2-4-7-16/h2-11,14H,12-13,15H2,1H3. The van der Waals surface area contributed by atoms with Gasteiger partial charge in [-0.25, -0.2) is 4.79 Å². The van der Waals surface area contributed by atoms with Crippen molar-refractivity contribution in [2.45, 2.75) is 13.2 Å². The molecule has 0 atom stereocenters. The summed E-state index contributed by atoms with van der Waals surface area (Å²) in [4.78, 5) is 12.2. The average Bonchev–Trinajstić information content (AvgIpc) is 3.20. The van der Waals surface area contributed by atoms with Crippen LogP contribution >= 0.6 is 0 Å². The number of hydrogen-bond donors (Lipinski definition) is 0. The monoisotopic (exact) mass is 352 g/mol. The van der Waals surface area contributed by atoms with E-state index in [0.717, 1.165) is 5.56 Å². The molecule has 0 fully saturated rings. The van der Waals surface area contributed by atoms with Gasteiger partial charge in [0.15, 0.2) is 11.5 Å². The van der Waals surface area contributed by atoms with Crippen molar-refractivity contribution in [3.05, 3.63) is 78.1 Å². The first-order valence-electron chi connectivity index (χ1n) is 8.25. The SMILES string of the molecule is COc1cc(C(=O)OCCn2cccn2)ccc1OCc1ccccc1. The van der Waals surface area contributed by atoms with Crippen molar-refractivity contribution in [3.8, 4) is 11.5 Å². The highest BCUT2D eigenvalue weighted by Crippen LogP contribution is 2.29. The van der Waals surface area contributed by atoms with Crippen molar-refractivity contribution in [3.63, 3.8) is 0 Å². The summed E-state index contributed by atoms with van der Waals surface area (Å²) in [5.41, 5.74) is 1.46. The third-order valence-electron chi connectivity index (χ3n) is 3.75. The number of rotatable bonds is 8. The molecule has 134 valence electrons. The highest BCUT2D eigenvalue weighted by Gasteiger charge is 2.12. The molecule has 0 amide bonds. The molecule has 1 aromatic heterocycles. The summed E-state index contributed by atoms with van der Waals surface area (Å²) in [5, 5.41) is 4.06. The molecule has 0 aliphatic rings. The first-order chi connectivity index (χ1) is 12.8. The van der Waals surface area contributed by atoms with E-state index in [1.54, 1.807) is 29.1 Å². The molecule has 0 N–H and O–H groups in total. The fourth-order valence-corrected chi connectivity index (χ4v) is 2.40. The van der Waals surface area contributed by atoms with Crippen molar-refractivity contribution in [2.75, 3.05) is 13.7 Å². The number of nitrogens with zero attached hydrogens (tertiary/aromatic N) is 2. The fraction of sp³-hybridized carbons (Fsp3) is 0.200. The number of methoxy groups -OCH3 is 1. The quantitative estimate of drug-likeness (QED) is 0.582. The first-order valence-corrected chi connectivity index (χ1v) is 8.25. The van der Waals surface area contributed by atoms with Gasteiger partial charge in [-0.2, -0.15) is 5.10 Å². The summed E-state index contributed by atoms with van der Waals surface area (Å²) in [6.07, 6.45) is 3.50. The molecule has 1 heterocycles. The molecule has 2 aromatic carbocycles. The summed E-state index contributed by atoms with van der Waals surface area (Å²) in [6, 6.07) is 16.7. The van der Waals surface area contributed by atoms with Crippen LogP contribution in [-0.2, 0) is 17.9 Å². The Morgan fingerprint density at radius 1 is 1.08 bits per heavy atom. The van der Waals surface area contributed by atoms with Crippen LogP contribution in [0.2, 0.25) is 0 Å². The Kier molecular flexibility index (Phi) is 5.88. The van der Waals surface area contributed by atoms with Crippen LogP contribution in [0.1, 0.15) is 15.9 Å². The largest absolute Gasteiger partial charge is 0.493 e. The zero-order valence-corrected chi connectivity index (χ0v) is 14.5. The predicted octanol–water partition coefficient (Wildman–Crippen LogP) is 3.33. The lowest BCUT2D eigenvalue weighted by atomic mass is 10.2. The second kappa shape index (κ2) is 8.71. The molecule has 0 spiro atoms. The molecule has 3 rings (SSSR count). The highest BCUT2D eigenvalue weighted by atomic mass is 16.5. The first kappa shape index (κ1) is 17.5. The van der Waals surface area contributed by atoms with Gasteiger partial charge in [0, 0.05) is 12.4 Å². The van der Waals surface area contributed by atoms with E-state index in [0.29, 0.717) is 30.2 Å². The van der Waals surface area contributed by atoms with E-state index in [2.05, 4.69) is 5.10 Å². The van der Waals surface area contributed by atoms with E-state index >= 15 is 0 Å². The van der Waals surface area contributed by atoms with Crippen molar-refractivity contribution < 1.29 is 19.0 Å².